The van der Waals surface area contributed by atoms with E-state index in [0.29, 0.717) is 12.0 Å². The maximum atomic E-state index is 14.1. The average molecular weight is 335 g/mol. The van der Waals surface area contributed by atoms with E-state index in [1.54, 1.807) is 0 Å². The molecule has 21 heavy (non-hydrogen) atoms. The standard InChI is InChI=1S/C13H18FNO4S2/c1-20(16,17)12-8-9(6-10-4-3-5-15-10)7-11(14)13(12)21(2,18)19/h7-8,10,15H,3-6H2,1-2H3. The Morgan fingerprint density at radius 1 is 1.19 bits per heavy atom. The summed E-state index contributed by atoms with van der Waals surface area (Å²) in [5, 5.41) is 3.24. The highest BCUT2D eigenvalue weighted by Crippen LogP contribution is 2.27. The van der Waals surface area contributed by atoms with E-state index in [1.807, 2.05) is 0 Å². The third-order valence-corrected chi connectivity index (χ3v) is 5.89. The van der Waals surface area contributed by atoms with Gasteiger partial charge >= 0.3 is 0 Å². The Morgan fingerprint density at radius 2 is 1.86 bits per heavy atom. The second-order valence-electron chi connectivity index (χ2n) is 5.45. The number of rotatable bonds is 4. The first kappa shape index (κ1) is 16.4. The molecule has 1 N–H and O–H groups in total. The quantitative estimate of drug-likeness (QED) is 0.885. The zero-order chi connectivity index (χ0) is 15.8. The molecular formula is C13H18FNO4S2. The first-order chi connectivity index (χ1) is 9.59. The fourth-order valence-electron chi connectivity index (χ4n) is 2.59. The summed E-state index contributed by atoms with van der Waals surface area (Å²) in [6, 6.07) is 2.56. The molecule has 1 fully saturated rings. The molecule has 0 radical (unpaired) electrons. The summed E-state index contributed by atoms with van der Waals surface area (Å²) in [5.74, 6) is -1.01. The van der Waals surface area contributed by atoms with Gasteiger partial charge in [-0.15, -0.1) is 0 Å². The smallest absolute Gasteiger partial charge is 0.179 e. The highest BCUT2D eigenvalue weighted by atomic mass is 32.2. The van der Waals surface area contributed by atoms with Gasteiger partial charge in [0.2, 0.25) is 0 Å². The normalized spacial score (nSPS) is 19.9. The predicted molar refractivity (Wildman–Crippen MR) is 77.3 cm³/mol. The van der Waals surface area contributed by atoms with E-state index < -0.39 is 35.3 Å². The fourth-order valence-corrected chi connectivity index (χ4v) is 5.14. The Hall–Kier alpha value is -0.990. The van der Waals surface area contributed by atoms with E-state index in [4.69, 9.17) is 0 Å². The van der Waals surface area contributed by atoms with Crippen molar-refractivity contribution in [2.24, 2.45) is 0 Å². The van der Waals surface area contributed by atoms with Crippen molar-refractivity contribution in [2.45, 2.75) is 35.1 Å². The SMILES string of the molecule is CS(=O)(=O)c1cc(CC2CCCN2)cc(F)c1S(C)(=O)=O. The molecular weight excluding hydrogens is 317 g/mol. The van der Waals surface area contributed by atoms with Crippen LogP contribution in [0.5, 0.6) is 0 Å². The van der Waals surface area contributed by atoms with Crippen LogP contribution in [0, 0.1) is 5.82 Å². The zero-order valence-corrected chi connectivity index (χ0v) is 13.5. The van der Waals surface area contributed by atoms with E-state index >= 15 is 0 Å². The summed E-state index contributed by atoms with van der Waals surface area (Å²) < 4.78 is 61.1. The van der Waals surface area contributed by atoms with Crippen LogP contribution in [0.1, 0.15) is 18.4 Å². The van der Waals surface area contributed by atoms with Gasteiger partial charge in [-0.3, -0.25) is 0 Å². The highest BCUT2D eigenvalue weighted by molar-refractivity contribution is 7.93. The topological polar surface area (TPSA) is 80.3 Å². The lowest BCUT2D eigenvalue weighted by molar-refractivity contribution is 0.548. The van der Waals surface area contributed by atoms with Crippen LogP contribution in [-0.4, -0.2) is 41.9 Å². The molecule has 2 rings (SSSR count). The molecule has 1 saturated heterocycles. The van der Waals surface area contributed by atoms with Crippen molar-refractivity contribution in [3.8, 4) is 0 Å². The summed E-state index contributed by atoms with van der Waals surface area (Å²) >= 11 is 0. The van der Waals surface area contributed by atoms with Crippen LogP contribution in [-0.2, 0) is 26.1 Å². The van der Waals surface area contributed by atoms with Crippen molar-refractivity contribution >= 4 is 19.7 Å². The number of hydrogen-bond acceptors (Lipinski definition) is 5. The summed E-state index contributed by atoms with van der Waals surface area (Å²) in [6.07, 6.45) is 4.12. The Bertz CT molecular complexity index is 751. The van der Waals surface area contributed by atoms with E-state index in [0.717, 1.165) is 38.0 Å². The lowest BCUT2D eigenvalue weighted by Crippen LogP contribution is -2.24. The summed E-state index contributed by atoms with van der Waals surface area (Å²) in [6.45, 7) is 0.882. The van der Waals surface area contributed by atoms with E-state index in [-0.39, 0.29) is 6.04 Å². The average Bonchev–Trinajstić information content (AvgIpc) is 2.77. The first-order valence-corrected chi connectivity index (χ1v) is 10.3. The van der Waals surface area contributed by atoms with Crippen LogP contribution >= 0.6 is 0 Å². The van der Waals surface area contributed by atoms with Gasteiger partial charge in [-0.1, -0.05) is 0 Å². The van der Waals surface area contributed by atoms with E-state index in [9.17, 15) is 21.2 Å². The molecule has 118 valence electrons. The van der Waals surface area contributed by atoms with Crippen molar-refractivity contribution in [1.82, 2.24) is 5.32 Å². The molecule has 8 heteroatoms. The molecule has 0 aromatic heterocycles. The van der Waals surface area contributed by atoms with Gasteiger partial charge in [0.05, 0.1) is 4.90 Å². The third kappa shape index (κ3) is 3.81. The molecule has 1 heterocycles. The third-order valence-electron chi connectivity index (χ3n) is 3.48. The maximum absolute atomic E-state index is 14.1. The zero-order valence-electron chi connectivity index (χ0n) is 11.9. The fraction of sp³-hybridized carbons (Fsp3) is 0.538. The molecule has 1 aromatic carbocycles. The number of nitrogens with one attached hydrogen (secondary N) is 1. The minimum atomic E-state index is -3.96. The molecule has 1 atom stereocenters. The van der Waals surface area contributed by atoms with Gasteiger partial charge in [-0.25, -0.2) is 21.2 Å². The number of hydrogen-bond donors (Lipinski definition) is 1. The van der Waals surface area contributed by atoms with Crippen LogP contribution in [0.25, 0.3) is 0 Å². The molecule has 0 amide bonds. The van der Waals surface area contributed by atoms with E-state index in [1.165, 1.54) is 6.07 Å². The lowest BCUT2D eigenvalue weighted by atomic mass is 10.0. The molecule has 0 spiro atoms. The van der Waals surface area contributed by atoms with Gasteiger partial charge < -0.3 is 5.32 Å². The van der Waals surface area contributed by atoms with Crippen molar-refractivity contribution in [3.05, 3.63) is 23.5 Å². The number of benzene rings is 1. The first-order valence-electron chi connectivity index (χ1n) is 6.55. The summed E-state index contributed by atoms with van der Waals surface area (Å²) in [4.78, 5) is -1.20. The molecule has 0 bridgehead atoms. The molecule has 1 aliphatic heterocycles. The highest BCUT2D eigenvalue weighted by Gasteiger charge is 2.26. The van der Waals surface area contributed by atoms with Crippen molar-refractivity contribution < 1.29 is 21.2 Å². The molecule has 1 aliphatic rings. The molecule has 0 aliphatic carbocycles. The summed E-state index contributed by atoms with van der Waals surface area (Å²) in [5.41, 5.74) is 0.486. The van der Waals surface area contributed by atoms with Crippen molar-refractivity contribution in [2.75, 3.05) is 19.1 Å². The van der Waals surface area contributed by atoms with Gasteiger partial charge in [0.1, 0.15) is 10.7 Å². The van der Waals surface area contributed by atoms with Crippen LogP contribution in [0.2, 0.25) is 0 Å². The number of sulfone groups is 2. The molecule has 1 unspecified atom stereocenters. The van der Waals surface area contributed by atoms with Crippen LogP contribution in [0.15, 0.2) is 21.9 Å². The van der Waals surface area contributed by atoms with Crippen LogP contribution in [0.3, 0.4) is 0 Å². The Morgan fingerprint density at radius 3 is 2.33 bits per heavy atom. The Kier molecular flexibility index (Phi) is 4.41. The Labute approximate surface area is 124 Å². The minimum absolute atomic E-state index is 0.167. The number of halogens is 1. The van der Waals surface area contributed by atoms with Gasteiger partial charge in [0.25, 0.3) is 0 Å². The van der Waals surface area contributed by atoms with Crippen LogP contribution in [0.4, 0.5) is 4.39 Å². The monoisotopic (exact) mass is 335 g/mol. The van der Waals surface area contributed by atoms with Crippen molar-refractivity contribution in [3.63, 3.8) is 0 Å². The molecule has 0 saturated carbocycles. The molecule has 5 nitrogen and oxygen atoms in total. The van der Waals surface area contributed by atoms with Gasteiger partial charge in [0.15, 0.2) is 19.7 Å². The second-order valence-corrected chi connectivity index (χ2v) is 9.38. The Balaban J connectivity index is 2.55. The van der Waals surface area contributed by atoms with Crippen LogP contribution < -0.4 is 5.32 Å². The van der Waals surface area contributed by atoms with Gasteiger partial charge in [-0.2, -0.15) is 0 Å². The molecule has 1 aromatic rings. The summed E-state index contributed by atoms with van der Waals surface area (Å²) in [7, 11) is -7.80. The van der Waals surface area contributed by atoms with E-state index in [2.05, 4.69) is 5.32 Å². The maximum Gasteiger partial charge on any atom is 0.179 e. The van der Waals surface area contributed by atoms with Gasteiger partial charge in [-0.05, 0) is 43.5 Å². The minimum Gasteiger partial charge on any atom is -0.314 e. The lowest BCUT2D eigenvalue weighted by Gasteiger charge is -2.14. The second kappa shape index (κ2) is 5.66. The van der Waals surface area contributed by atoms with Crippen molar-refractivity contribution in [1.29, 1.82) is 0 Å². The van der Waals surface area contributed by atoms with Gasteiger partial charge in [0, 0.05) is 18.6 Å². The largest absolute Gasteiger partial charge is 0.314 e. The predicted octanol–water partition coefficient (Wildman–Crippen LogP) is 0.927.